The summed E-state index contributed by atoms with van der Waals surface area (Å²) in [5.74, 6) is 0. The molecular weight excluding hydrogens is 294 g/mol. The predicted molar refractivity (Wildman–Crippen MR) is 102 cm³/mol. The lowest BCUT2D eigenvalue weighted by Gasteiger charge is -2.08. The average Bonchev–Trinajstić information content (AvgIpc) is 2.87. The number of H-pyrrole nitrogens is 1. The zero-order chi connectivity index (χ0) is 16.5. The number of benzene rings is 2. The Morgan fingerprint density at radius 3 is 2.71 bits per heavy atom. The summed E-state index contributed by atoms with van der Waals surface area (Å²) in [6.07, 6.45) is 3.20. The van der Waals surface area contributed by atoms with Crippen molar-refractivity contribution in [1.29, 1.82) is 0 Å². The Bertz CT molecular complexity index is 901. The minimum atomic E-state index is 0.901. The van der Waals surface area contributed by atoms with E-state index in [1.165, 1.54) is 44.5 Å². The molecule has 4 rings (SSSR count). The van der Waals surface area contributed by atoms with Crippen molar-refractivity contribution in [3.8, 4) is 11.3 Å². The highest BCUT2D eigenvalue weighted by molar-refractivity contribution is 5.99. The summed E-state index contributed by atoms with van der Waals surface area (Å²) in [5.41, 5.74) is 9.00. The van der Waals surface area contributed by atoms with Crippen LogP contribution in [0.15, 0.2) is 48.5 Å². The van der Waals surface area contributed by atoms with Gasteiger partial charge in [-0.25, -0.2) is 0 Å². The van der Waals surface area contributed by atoms with E-state index in [0.29, 0.717) is 0 Å². The third-order valence-electron chi connectivity index (χ3n) is 4.82. The van der Waals surface area contributed by atoms with Crippen molar-refractivity contribution in [2.45, 2.75) is 19.9 Å². The van der Waals surface area contributed by atoms with Gasteiger partial charge in [-0.1, -0.05) is 42.5 Å². The average molecular weight is 317 g/mol. The van der Waals surface area contributed by atoms with Gasteiger partial charge in [-0.2, -0.15) is 0 Å². The van der Waals surface area contributed by atoms with Gasteiger partial charge in [0.15, 0.2) is 0 Å². The van der Waals surface area contributed by atoms with E-state index in [4.69, 9.17) is 0 Å². The van der Waals surface area contributed by atoms with Gasteiger partial charge in [0.25, 0.3) is 0 Å². The number of hydrogen-bond donors (Lipinski definition) is 3. The monoisotopic (exact) mass is 317 g/mol. The summed E-state index contributed by atoms with van der Waals surface area (Å²) in [6.45, 7) is 3.96. The smallest absolute Gasteiger partial charge is 0.0498 e. The lowest BCUT2D eigenvalue weighted by atomic mass is 9.99. The summed E-state index contributed by atoms with van der Waals surface area (Å²) in [5, 5.41) is 8.13. The lowest BCUT2D eigenvalue weighted by Crippen LogP contribution is -2.13. The van der Waals surface area contributed by atoms with Gasteiger partial charge in [-0.3, -0.25) is 0 Å². The Balaban J connectivity index is 1.89. The maximum Gasteiger partial charge on any atom is 0.0498 e. The fourth-order valence-electron chi connectivity index (χ4n) is 3.71. The van der Waals surface area contributed by atoms with E-state index < -0.39 is 0 Å². The molecule has 1 aromatic heterocycles. The van der Waals surface area contributed by atoms with Crippen LogP contribution in [0.3, 0.4) is 0 Å². The van der Waals surface area contributed by atoms with Gasteiger partial charge in [-0.15, -0.1) is 0 Å². The molecule has 3 N–H and O–H groups in total. The van der Waals surface area contributed by atoms with Gasteiger partial charge in [0.1, 0.15) is 0 Å². The molecule has 0 fully saturated rings. The number of allylic oxidation sites excluding steroid dienone is 1. The molecule has 1 aliphatic rings. The first-order valence-corrected chi connectivity index (χ1v) is 8.60. The van der Waals surface area contributed by atoms with Crippen molar-refractivity contribution in [3.63, 3.8) is 0 Å². The molecule has 0 amide bonds. The van der Waals surface area contributed by atoms with Crippen LogP contribution in [0.2, 0.25) is 0 Å². The summed E-state index contributed by atoms with van der Waals surface area (Å²) in [6, 6.07) is 15.4. The molecule has 1 aliphatic heterocycles. The van der Waals surface area contributed by atoms with Gasteiger partial charge in [0, 0.05) is 40.9 Å². The zero-order valence-corrected chi connectivity index (χ0v) is 14.2. The van der Waals surface area contributed by atoms with Crippen LogP contribution in [0.5, 0.6) is 0 Å². The first-order chi connectivity index (χ1) is 11.8. The fraction of sp³-hybridized carbons (Fsp3) is 0.238. The Kier molecular flexibility index (Phi) is 3.87. The molecule has 0 bridgehead atoms. The molecule has 0 radical (unpaired) electrons. The van der Waals surface area contributed by atoms with Gasteiger partial charge < -0.3 is 15.6 Å². The van der Waals surface area contributed by atoms with Gasteiger partial charge >= 0.3 is 0 Å². The van der Waals surface area contributed by atoms with Crippen LogP contribution in [-0.2, 0) is 13.0 Å². The number of rotatable bonds is 3. The molecule has 0 atom stereocenters. The van der Waals surface area contributed by atoms with Crippen molar-refractivity contribution >= 4 is 16.6 Å². The summed E-state index contributed by atoms with van der Waals surface area (Å²) < 4.78 is 0. The van der Waals surface area contributed by atoms with E-state index in [1.807, 2.05) is 7.05 Å². The normalized spacial score (nSPS) is 15.5. The highest BCUT2D eigenvalue weighted by Crippen LogP contribution is 2.36. The second kappa shape index (κ2) is 6.17. The quantitative estimate of drug-likeness (QED) is 0.682. The van der Waals surface area contributed by atoms with Crippen molar-refractivity contribution in [2.75, 3.05) is 13.6 Å². The van der Waals surface area contributed by atoms with Crippen LogP contribution in [0.4, 0.5) is 0 Å². The third-order valence-corrected chi connectivity index (χ3v) is 4.82. The van der Waals surface area contributed by atoms with Crippen LogP contribution in [0.1, 0.15) is 23.6 Å². The fourth-order valence-corrected chi connectivity index (χ4v) is 3.71. The summed E-state index contributed by atoms with van der Waals surface area (Å²) in [7, 11) is 1.98. The van der Waals surface area contributed by atoms with Crippen LogP contribution >= 0.6 is 0 Å². The van der Waals surface area contributed by atoms with Crippen molar-refractivity contribution in [1.82, 2.24) is 15.6 Å². The zero-order valence-electron chi connectivity index (χ0n) is 14.2. The molecule has 0 spiro atoms. The summed E-state index contributed by atoms with van der Waals surface area (Å²) >= 11 is 0. The second-order valence-electron chi connectivity index (χ2n) is 6.31. The molecular formula is C21H23N3. The molecule has 0 aliphatic carbocycles. The van der Waals surface area contributed by atoms with Crippen LogP contribution < -0.4 is 10.6 Å². The van der Waals surface area contributed by atoms with E-state index >= 15 is 0 Å². The number of nitrogens with one attached hydrogen (secondary N) is 3. The second-order valence-corrected chi connectivity index (χ2v) is 6.31. The molecule has 3 heteroatoms. The SMILES string of the molecule is C/C=C1/NCCc2c(-c3ccc(CNC)cc3)[nH]c3cccc1c23. The number of aromatic amines is 1. The van der Waals surface area contributed by atoms with Crippen molar-refractivity contribution in [3.05, 3.63) is 65.2 Å². The minimum Gasteiger partial charge on any atom is -0.384 e. The van der Waals surface area contributed by atoms with Gasteiger partial charge in [-0.05, 0) is 43.1 Å². The molecule has 0 unspecified atom stereocenters. The molecule has 24 heavy (non-hydrogen) atoms. The van der Waals surface area contributed by atoms with Crippen LogP contribution in [-0.4, -0.2) is 18.6 Å². The van der Waals surface area contributed by atoms with E-state index in [2.05, 4.69) is 71.1 Å². The molecule has 3 aromatic rings. The first-order valence-electron chi connectivity index (χ1n) is 8.60. The Morgan fingerprint density at radius 1 is 1.12 bits per heavy atom. The maximum atomic E-state index is 3.67. The minimum absolute atomic E-state index is 0.901. The molecule has 2 aromatic carbocycles. The number of hydrogen-bond acceptors (Lipinski definition) is 2. The predicted octanol–water partition coefficient (Wildman–Crippen LogP) is 4.06. The van der Waals surface area contributed by atoms with Crippen molar-refractivity contribution < 1.29 is 0 Å². The van der Waals surface area contributed by atoms with E-state index in [9.17, 15) is 0 Å². The molecule has 2 heterocycles. The highest BCUT2D eigenvalue weighted by atomic mass is 14.9. The molecule has 122 valence electrons. The Morgan fingerprint density at radius 2 is 1.96 bits per heavy atom. The Hall–Kier alpha value is -2.52. The van der Waals surface area contributed by atoms with E-state index in [-0.39, 0.29) is 0 Å². The molecule has 0 saturated heterocycles. The maximum absolute atomic E-state index is 3.67. The summed E-state index contributed by atoms with van der Waals surface area (Å²) in [4.78, 5) is 3.67. The topological polar surface area (TPSA) is 39.8 Å². The first kappa shape index (κ1) is 15.0. The van der Waals surface area contributed by atoms with Gasteiger partial charge in [0.05, 0.1) is 0 Å². The third kappa shape index (κ3) is 2.42. The van der Waals surface area contributed by atoms with Crippen molar-refractivity contribution in [2.24, 2.45) is 0 Å². The van der Waals surface area contributed by atoms with E-state index in [1.54, 1.807) is 0 Å². The molecule has 3 nitrogen and oxygen atoms in total. The number of aromatic nitrogens is 1. The Labute approximate surface area is 142 Å². The van der Waals surface area contributed by atoms with Crippen LogP contribution in [0, 0.1) is 0 Å². The standard InChI is InChI=1S/C21H23N3/c1-3-18-16-5-4-6-19-20(16)17(11-12-23-18)21(24-19)15-9-7-14(8-10-15)13-22-2/h3-10,22-24H,11-13H2,1-2H3/b18-3+. The van der Waals surface area contributed by atoms with E-state index in [0.717, 1.165) is 19.5 Å². The molecule has 0 saturated carbocycles. The largest absolute Gasteiger partial charge is 0.384 e. The highest BCUT2D eigenvalue weighted by Gasteiger charge is 2.19. The van der Waals surface area contributed by atoms with Gasteiger partial charge in [0.2, 0.25) is 0 Å². The lowest BCUT2D eigenvalue weighted by molar-refractivity contribution is 0.818. The van der Waals surface area contributed by atoms with Crippen LogP contribution in [0.25, 0.3) is 27.9 Å².